The van der Waals surface area contributed by atoms with Gasteiger partial charge in [0, 0.05) is 31.1 Å². The Morgan fingerprint density at radius 2 is 2.00 bits per heavy atom. The van der Waals surface area contributed by atoms with Crippen LogP contribution in [-0.2, 0) is 0 Å². The van der Waals surface area contributed by atoms with E-state index in [0.29, 0.717) is 24.1 Å². The van der Waals surface area contributed by atoms with Gasteiger partial charge in [-0.2, -0.15) is 0 Å². The minimum atomic E-state index is -0.568. The maximum atomic E-state index is 13.8. The minimum absolute atomic E-state index is 0.144. The van der Waals surface area contributed by atoms with Gasteiger partial charge in [0.25, 0.3) is 0 Å². The van der Waals surface area contributed by atoms with Crippen LogP contribution < -0.4 is 10.6 Å². The summed E-state index contributed by atoms with van der Waals surface area (Å²) in [6, 6.07) is 3.96. The van der Waals surface area contributed by atoms with Gasteiger partial charge < -0.3 is 15.7 Å². The van der Waals surface area contributed by atoms with Crippen molar-refractivity contribution < 1.29 is 13.9 Å². The van der Waals surface area contributed by atoms with Gasteiger partial charge in [-0.15, -0.1) is 0 Å². The third-order valence-corrected chi connectivity index (χ3v) is 4.40. The van der Waals surface area contributed by atoms with Crippen molar-refractivity contribution >= 4 is 5.96 Å². The van der Waals surface area contributed by atoms with Gasteiger partial charge in [0.2, 0.25) is 0 Å². The summed E-state index contributed by atoms with van der Waals surface area (Å²) in [5, 5.41) is 16.2. The molecular weight excluding hydrogens is 312 g/mol. The molecule has 0 amide bonds. The minimum Gasteiger partial charge on any atom is -0.393 e. The number of aliphatic hydroxyl groups excluding tert-OH is 1. The molecule has 0 bridgehead atoms. The van der Waals surface area contributed by atoms with E-state index in [4.69, 9.17) is 0 Å². The highest BCUT2D eigenvalue weighted by Gasteiger charge is 2.20. The number of aliphatic imine (C=N–C) groups is 1. The van der Waals surface area contributed by atoms with Crippen molar-refractivity contribution in [3.63, 3.8) is 0 Å². The Kier molecular flexibility index (Phi) is 6.97. The average Bonchev–Trinajstić information content (AvgIpc) is 2.54. The van der Waals surface area contributed by atoms with E-state index >= 15 is 0 Å². The van der Waals surface area contributed by atoms with Crippen molar-refractivity contribution in [2.24, 2.45) is 4.99 Å². The van der Waals surface area contributed by atoms with Crippen LogP contribution in [0.5, 0.6) is 0 Å². The van der Waals surface area contributed by atoms with Crippen LogP contribution in [0.1, 0.15) is 51.0 Å². The molecule has 0 saturated heterocycles. The highest BCUT2D eigenvalue weighted by molar-refractivity contribution is 5.80. The van der Waals surface area contributed by atoms with E-state index in [2.05, 4.69) is 15.6 Å². The van der Waals surface area contributed by atoms with Crippen LogP contribution in [0, 0.1) is 11.6 Å². The number of hydrogen-bond acceptors (Lipinski definition) is 2. The van der Waals surface area contributed by atoms with Crippen LogP contribution in [0.4, 0.5) is 8.78 Å². The molecule has 0 aromatic heterocycles. The fraction of sp³-hybridized carbons (Fsp3) is 0.611. The maximum Gasteiger partial charge on any atom is 0.191 e. The Labute approximate surface area is 142 Å². The Balaban J connectivity index is 1.96. The van der Waals surface area contributed by atoms with E-state index in [-0.39, 0.29) is 12.0 Å². The monoisotopic (exact) mass is 339 g/mol. The van der Waals surface area contributed by atoms with Crippen molar-refractivity contribution in [1.82, 2.24) is 10.6 Å². The molecule has 2 rings (SSSR count). The van der Waals surface area contributed by atoms with E-state index in [1.807, 2.05) is 13.8 Å². The third-order valence-electron chi connectivity index (χ3n) is 4.40. The van der Waals surface area contributed by atoms with E-state index < -0.39 is 11.6 Å². The van der Waals surface area contributed by atoms with E-state index in [9.17, 15) is 13.9 Å². The van der Waals surface area contributed by atoms with E-state index in [1.165, 1.54) is 12.1 Å². The van der Waals surface area contributed by atoms with Crippen molar-refractivity contribution in [2.75, 3.05) is 13.1 Å². The molecule has 1 aromatic carbocycles. The molecule has 1 saturated carbocycles. The van der Waals surface area contributed by atoms with Gasteiger partial charge in [-0.05, 0) is 44.2 Å². The smallest absolute Gasteiger partial charge is 0.191 e. The SMILES string of the molecule is CCNC(=NCC(C)c1ccc(F)cc1F)NC1CCC(O)CC1. The van der Waals surface area contributed by atoms with Gasteiger partial charge in [-0.1, -0.05) is 13.0 Å². The molecule has 1 atom stereocenters. The molecule has 6 heteroatoms. The first-order valence-corrected chi connectivity index (χ1v) is 8.67. The number of benzene rings is 1. The molecule has 1 aromatic rings. The quantitative estimate of drug-likeness (QED) is 0.571. The van der Waals surface area contributed by atoms with E-state index in [1.54, 1.807) is 0 Å². The second kappa shape index (κ2) is 8.97. The summed E-state index contributed by atoms with van der Waals surface area (Å²) in [7, 11) is 0. The maximum absolute atomic E-state index is 13.8. The third kappa shape index (κ3) is 5.44. The molecule has 3 N–H and O–H groups in total. The zero-order valence-corrected chi connectivity index (χ0v) is 14.4. The summed E-state index contributed by atoms with van der Waals surface area (Å²) in [5.41, 5.74) is 0.469. The second-order valence-corrected chi connectivity index (χ2v) is 6.44. The predicted molar refractivity (Wildman–Crippen MR) is 92.2 cm³/mol. The zero-order chi connectivity index (χ0) is 17.5. The molecule has 0 radical (unpaired) electrons. The van der Waals surface area contributed by atoms with Crippen LogP contribution in [0.25, 0.3) is 0 Å². The normalized spacial score (nSPS) is 23.0. The van der Waals surface area contributed by atoms with Gasteiger partial charge in [-0.25, -0.2) is 8.78 Å². The molecule has 134 valence electrons. The Morgan fingerprint density at radius 3 is 2.62 bits per heavy atom. The standard InChI is InChI=1S/C18H27F2N3O/c1-3-21-18(23-14-5-7-15(24)8-6-14)22-11-12(2)16-9-4-13(19)10-17(16)20/h4,9-10,12,14-15,24H,3,5-8,11H2,1-2H3,(H2,21,22,23). The molecule has 1 aliphatic rings. The molecule has 1 fully saturated rings. The second-order valence-electron chi connectivity index (χ2n) is 6.44. The van der Waals surface area contributed by atoms with Gasteiger partial charge in [0.05, 0.1) is 6.10 Å². The van der Waals surface area contributed by atoms with Crippen LogP contribution in [0.3, 0.4) is 0 Å². The highest BCUT2D eigenvalue weighted by atomic mass is 19.1. The summed E-state index contributed by atoms with van der Waals surface area (Å²) in [6.07, 6.45) is 3.23. The number of aliphatic hydroxyl groups is 1. The molecule has 1 unspecified atom stereocenters. The first kappa shape index (κ1) is 18.6. The van der Waals surface area contributed by atoms with Crippen molar-refractivity contribution in [1.29, 1.82) is 0 Å². The summed E-state index contributed by atoms with van der Waals surface area (Å²) in [6.45, 7) is 5.01. The molecule has 0 heterocycles. The fourth-order valence-corrected chi connectivity index (χ4v) is 2.96. The van der Waals surface area contributed by atoms with Crippen LogP contribution in [0.15, 0.2) is 23.2 Å². The Hall–Kier alpha value is -1.69. The van der Waals surface area contributed by atoms with Crippen molar-refractivity contribution in [2.45, 2.75) is 57.6 Å². The number of hydrogen-bond donors (Lipinski definition) is 3. The zero-order valence-electron chi connectivity index (χ0n) is 14.4. The first-order valence-electron chi connectivity index (χ1n) is 8.67. The van der Waals surface area contributed by atoms with Gasteiger partial charge >= 0.3 is 0 Å². The van der Waals surface area contributed by atoms with E-state index in [0.717, 1.165) is 38.3 Å². The highest BCUT2D eigenvalue weighted by Crippen LogP contribution is 2.21. The Bertz CT molecular complexity index is 557. The van der Waals surface area contributed by atoms with Crippen molar-refractivity contribution in [3.8, 4) is 0 Å². The largest absolute Gasteiger partial charge is 0.393 e. The number of halogens is 2. The number of guanidine groups is 1. The molecule has 4 nitrogen and oxygen atoms in total. The summed E-state index contributed by atoms with van der Waals surface area (Å²) < 4.78 is 26.8. The van der Waals surface area contributed by atoms with Crippen LogP contribution in [0.2, 0.25) is 0 Å². The summed E-state index contributed by atoms with van der Waals surface area (Å²) >= 11 is 0. The molecule has 0 aliphatic heterocycles. The average molecular weight is 339 g/mol. The van der Waals surface area contributed by atoms with Crippen LogP contribution in [-0.4, -0.2) is 36.3 Å². The summed E-state index contributed by atoms with van der Waals surface area (Å²) in [4.78, 5) is 4.54. The lowest BCUT2D eigenvalue weighted by Crippen LogP contribution is -2.45. The lowest BCUT2D eigenvalue weighted by molar-refractivity contribution is 0.120. The van der Waals surface area contributed by atoms with Crippen LogP contribution >= 0.6 is 0 Å². The lowest BCUT2D eigenvalue weighted by Gasteiger charge is -2.27. The molecule has 24 heavy (non-hydrogen) atoms. The molecule has 1 aliphatic carbocycles. The first-order chi connectivity index (χ1) is 11.5. The van der Waals surface area contributed by atoms with Crippen molar-refractivity contribution in [3.05, 3.63) is 35.4 Å². The fourth-order valence-electron chi connectivity index (χ4n) is 2.96. The Morgan fingerprint density at radius 1 is 1.29 bits per heavy atom. The summed E-state index contributed by atoms with van der Waals surface area (Å²) in [5.74, 6) is -0.541. The lowest BCUT2D eigenvalue weighted by atomic mass is 9.93. The molecular formula is C18H27F2N3O. The van der Waals surface area contributed by atoms with Gasteiger partial charge in [0.1, 0.15) is 11.6 Å². The predicted octanol–water partition coefficient (Wildman–Crippen LogP) is 2.93. The van der Waals surface area contributed by atoms with Gasteiger partial charge in [-0.3, -0.25) is 4.99 Å². The number of rotatable bonds is 5. The number of nitrogens with one attached hydrogen (secondary N) is 2. The molecule has 0 spiro atoms. The van der Waals surface area contributed by atoms with Gasteiger partial charge in [0.15, 0.2) is 5.96 Å². The number of nitrogens with zero attached hydrogens (tertiary/aromatic N) is 1. The topological polar surface area (TPSA) is 56.7 Å².